The maximum atomic E-state index is 9.91. The lowest BCUT2D eigenvalue weighted by molar-refractivity contribution is -0.113. The van der Waals surface area contributed by atoms with Gasteiger partial charge in [0.25, 0.3) is 0 Å². The predicted molar refractivity (Wildman–Crippen MR) is 38.7 cm³/mol. The van der Waals surface area contributed by atoms with Gasteiger partial charge in [-0.05, 0) is 6.08 Å². The number of hydrogen-bond donors (Lipinski definition) is 2. The van der Waals surface area contributed by atoms with Crippen LogP contribution in [-0.4, -0.2) is 25.2 Å². The fourth-order valence-electron chi connectivity index (χ4n) is 0.348. The first kappa shape index (κ1) is 9.48. The molecule has 1 saturated heterocycles. The van der Waals surface area contributed by atoms with Crippen molar-refractivity contribution in [1.29, 1.82) is 0 Å². The molecule has 1 rings (SSSR count). The van der Waals surface area contributed by atoms with Crippen LogP contribution in [0.5, 0.6) is 0 Å². The molecule has 0 aromatic carbocycles. The van der Waals surface area contributed by atoms with Gasteiger partial charge in [-0.15, -0.1) is 0 Å². The largest absolute Gasteiger partial charge is 0.448 e. The summed E-state index contributed by atoms with van der Waals surface area (Å²) in [5.74, 6) is -0.481. The van der Waals surface area contributed by atoms with E-state index in [1.165, 1.54) is 0 Å². The van der Waals surface area contributed by atoms with Gasteiger partial charge in [0.2, 0.25) is 5.91 Å². The molecule has 0 aromatic rings. The summed E-state index contributed by atoms with van der Waals surface area (Å²) in [5.41, 5.74) is 4.53. The monoisotopic (exact) mass is 158 g/mol. The van der Waals surface area contributed by atoms with Gasteiger partial charge in [0.1, 0.15) is 6.61 Å². The van der Waals surface area contributed by atoms with Crippen molar-refractivity contribution in [1.82, 2.24) is 5.32 Å². The molecule has 5 heteroatoms. The Kier molecular flexibility index (Phi) is 4.55. The molecule has 0 aromatic heterocycles. The van der Waals surface area contributed by atoms with E-state index in [-0.39, 0.29) is 6.09 Å². The Morgan fingerprint density at radius 3 is 2.45 bits per heavy atom. The minimum Gasteiger partial charge on any atom is -0.448 e. The van der Waals surface area contributed by atoms with Crippen LogP contribution in [0.15, 0.2) is 12.7 Å². The summed E-state index contributed by atoms with van der Waals surface area (Å²) in [6, 6.07) is 0. The predicted octanol–water partition coefficient (Wildman–Crippen LogP) is -0.616. The lowest BCUT2D eigenvalue weighted by atomic mass is 10.6. The summed E-state index contributed by atoms with van der Waals surface area (Å²) in [6.07, 6.45) is 0.759. The maximum absolute atomic E-state index is 9.91. The van der Waals surface area contributed by atoms with Gasteiger partial charge in [-0.25, -0.2) is 4.79 Å². The van der Waals surface area contributed by atoms with Crippen molar-refractivity contribution in [2.45, 2.75) is 0 Å². The Bertz CT molecular complexity index is 159. The molecule has 0 unspecified atom stereocenters. The highest BCUT2D eigenvalue weighted by Crippen LogP contribution is 1.82. The normalized spacial score (nSPS) is 13.6. The fraction of sp³-hybridized carbons (Fsp3) is 0.333. The van der Waals surface area contributed by atoms with E-state index in [9.17, 15) is 9.59 Å². The Balaban J connectivity index is 0.000000187. The first-order valence-electron chi connectivity index (χ1n) is 2.99. The molecule has 0 aliphatic carbocycles. The molecule has 1 heterocycles. The third-order valence-electron chi connectivity index (χ3n) is 0.806. The van der Waals surface area contributed by atoms with E-state index >= 15 is 0 Å². The SMILES string of the molecule is C=CC(N)=O.O=C1NCCO1. The van der Waals surface area contributed by atoms with Crippen LogP contribution in [0.3, 0.4) is 0 Å². The second-order valence-corrected chi connectivity index (χ2v) is 1.67. The van der Waals surface area contributed by atoms with Crippen molar-refractivity contribution in [3.63, 3.8) is 0 Å². The first-order chi connectivity index (χ1) is 5.16. The van der Waals surface area contributed by atoms with E-state index < -0.39 is 5.91 Å². The molecule has 0 saturated carbocycles. The third-order valence-corrected chi connectivity index (χ3v) is 0.806. The molecule has 62 valence electrons. The van der Waals surface area contributed by atoms with Gasteiger partial charge in [-0.3, -0.25) is 4.79 Å². The van der Waals surface area contributed by atoms with Crippen LogP contribution < -0.4 is 11.1 Å². The van der Waals surface area contributed by atoms with Crippen LogP contribution in [0, 0.1) is 0 Å². The molecule has 0 spiro atoms. The second-order valence-electron chi connectivity index (χ2n) is 1.67. The van der Waals surface area contributed by atoms with E-state index in [2.05, 4.69) is 22.4 Å². The molecule has 3 N–H and O–H groups in total. The van der Waals surface area contributed by atoms with E-state index in [1.807, 2.05) is 0 Å². The van der Waals surface area contributed by atoms with Crippen molar-refractivity contribution in [2.75, 3.05) is 13.2 Å². The summed E-state index contributed by atoms with van der Waals surface area (Å²) in [4.78, 5) is 19.4. The number of primary amides is 1. The third kappa shape index (κ3) is 6.36. The minimum atomic E-state index is -0.481. The van der Waals surface area contributed by atoms with Crippen LogP contribution in [-0.2, 0) is 9.53 Å². The number of rotatable bonds is 1. The van der Waals surface area contributed by atoms with Crippen molar-refractivity contribution in [2.24, 2.45) is 5.73 Å². The number of alkyl carbamates (subject to hydrolysis) is 1. The zero-order valence-electron chi connectivity index (χ0n) is 6.00. The summed E-state index contributed by atoms with van der Waals surface area (Å²) >= 11 is 0. The molecule has 5 nitrogen and oxygen atoms in total. The minimum absolute atomic E-state index is 0.296. The van der Waals surface area contributed by atoms with Crippen LogP contribution in [0.4, 0.5) is 4.79 Å². The van der Waals surface area contributed by atoms with Gasteiger partial charge >= 0.3 is 6.09 Å². The number of ether oxygens (including phenoxy) is 1. The molecule has 1 aliphatic rings. The zero-order valence-corrected chi connectivity index (χ0v) is 6.00. The number of nitrogens with two attached hydrogens (primary N) is 1. The number of carbonyl (C=O) groups is 2. The average molecular weight is 158 g/mol. The molecule has 0 atom stereocenters. The quantitative estimate of drug-likeness (QED) is 0.499. The molecule has 1 fully saturated rings. The number of amides is 2. The standard InChI is InChI=1S/C3H5NO2.C3H5NO/c5-3-4-1-2-6-3;1-2-3(4)5/h1-2H2,(H,4,5);2H,1H2,(H2,4,5). The fourth-order valence-corrected chi connectivity index (χ4v) is 0.348. The molecule has 1 aliphatic heterocycles. The zero-order chi connectivity index (χ0) is 8.69. The van der Waals surface area contributed by atoms with E-state index in [0.717, 1.165) is 6.08 Å². The van der Waals surface area contributed by atoms with Crippen molar-refractivity contribution in [3.8, 4) is 0 Å². The molecule has 0 radical (unpaired) electrons. The Morgan fingerprint density at radius 1 is 1.82 bits per heavy atom. The highest BCUT2D eigenvalue weighted by atomic mass is 16.6. The van der Waals surface area contributed by atoms with Crippen LogP contribution in [0.25, 0.3) is 0 Å². The highest BCUT2D eigenvalue weighted by Gasteiger charge is 2.06. The number of carbonyl (C=O) groups excluding carboxylic acids is 2. The topological polar surface area (TPSA) is 81.4 Å². The maximum Gasteiger partial charge on any atom is 0.407 e. The van der Waals surface area contributed by atoms with Crippen LogP contribution in [0.2, 0.25) is 0 Å². The van der Waals surface area contributed by atoms with E-state index in [0.29, 0.717) is 13.2 Å². The molecule has 2 amide bonds. The Labute approximate surface area is 64.2 Å². The van der Waals surface area contributed by atoms with E-state index in [1.54, 1.807) is 0 Å². The summed E-state index contributed by atoms with van der Waals surface area (Å²) < 4.78 is 4.40. The van der Waals surface area contributed by atoms with Crippen LogP contribution >= 0.6 is 0 Å². The van der Waals surface area contributed by atoms with Gasteiger partial charge < -0.3 is 15.8 Å². The van der Waals surface area contributed by atoms with Gasteiger partial charge in [0.15, 0.2) is 0 Å². The molecule has 11 heavy (non-hydrogen) atoms. The van der Waals surface area contributed by atoms with Gasteiger partial charge in [0.05, 0.1) is 6.54 Å². The van der Waals surface area contributed by atoms with Crippen LogP contribution in [0.1, 0.15) is 0 Å². The summed E-state index contributed by atoms with van der Waals surface area (Å²) in [5, 5.41) is 2.46. The number of hydrogen-bond acceptors (Lipinski definition) is 3. The average Bonchev–Trinajstić information content (AvgIpc) is 2.41. The molecule has 0 bridgehead atoms. The lowest BCUT2D eigenvalue weighted by Gasteiger charge is -1.80. The molecular weight excluding hydrogens is 148 g/mol. The Morgan fingerprint density at radius 2 is 2.36 bits per heavy atom. The first-order valence-corrected chi connectivity index (χ1v) is 2.99. The number of nitrogens with one attached hydrogen (secondary N) is 1. The summed E-state index contributed by atoms with van der Waals surface area (Å²) in [7, 11) is 0. The number of cyclic esters (lactones) is 1. The smallest absolute Gasteiger partial charge is 0.407 e. The Hall–Kier alpha value is -1.52. The summed E-state index contributed by atoms with van der Waals surface area (Å²) in [6.45, 7) is 4.28. The molecular formula is C6H10N2O3. The van der Waals surface area contributed by atoms with Gasteiger partial charge in [-0.2, -0.15) is 0 Å². The second kappa shape index (κ2) is 5.28. The van der Waals surface area contributed by atoms with Crippen molar-refractivity contribution >= 4 is 12.0 Å². The van der Waals surface area contributed by atoms with Gasteiger partial charge in [-0.1, -0.05) is 6.58 Å². The van der Waals surface area contributed by atoms with Crippen molar-refractivity contribution in [3.05, 3.63) is 12.7 Å². The van der Waals surface area contributed by atoms with Gasteiger partial charge in [0, 0.05) is 0 Å². The van der Waals surface area contributed by atoms with E-state index in [4.69, 9.17) is 0 Å². The van der Waals surface area contributed by atoms with Crippen molar-refractivity contribution < 1.29 is 14.3 Å². The highest BCUT2D eigenvalue weighted by molar-refractivity contribution is 5.84. The lowest BCUT2D eigenvalue weighted by Crippen LogP contribution is -2.11.